The number of unbranched alkanes of at least 4 members (excludes halogenated alkanes) is 4. The molecule has 0 aliphatic carbocycles. The number of nitrogens with zero attached hydrogens (tertiary/aromatic N) is 2. The lowest BCUT2D eigenvalue weighted by Crippen LogP contribution is -2.77. The average molecular weight is 420 g/mol. The second-order valence-electron chi connectivity index (χ2n) is 8.46. The molecule has 2 heterocycles. The van der Waals surface area contributed by atoms with Crippen LogP contribution in [-0.4, -0.2) is 62.7 Å². The van der Waals surface area contributed by atoms with Crippen LogP contribution in [0.15, 0.2) is 18.2 Å². The van der Waals surface area contributed by atoms with Crippen LogP contribution in [0, 0.1) is 0 Å². The highest BCUT2D eigenvalue weighted by molar-refractivity contribution is 5.44. The lowest BCUT2D eigenvalue weighted by Gasteiger charge is -2.61. The summed E-state index contributed by atoms with van der Waals surface area (Å²) in [4.78, 5) is 0. The highest BCUT2D eigenvalue weighted by Crippen LogP contribution is 2.45. The van der Waals surface area contributed by atoms with E-state index in [1.54, 1.807) is 14.2 Å². The molecule has 0 amide bonds. The standard InChI is InChI=1S/C24H41N3O3/c1-5-7-9-15-26(16-10-8-6-2)27-17-13-24(27)23(30-18-14-25-24)20-11-12-21(28-3)22(19-20)29-4/h11-12,19,23,25H,5-10,13-18H2,1-4H3. The second-order valence-corrected chi connectivity index (χ2v) is 8.46. The molecule has 0 saturated carbocycles. The molecule has 1 spiro atoms. The fraction of sp³-hybridized carbons (Fsp3) is 0.750. The molecule has 0 bridgehead atoms. The minimum Gasteiger partial charge on any atom is -0.493 e. The van der Waals surface area contributed by atoms with Crippen LogP contribution >= 0.6 is 0 Å². The summed E-state index contributed by atoms with van der Waals surface area (Å²) in [6.07, 6.45) is 8.63. The molecule has 0 aromatic heterocycles. The monoisotopic (exact) mass is 419 g/mol. The van der Waals surface area contributed by atoms with Gasteiger partial charge >= 0.3 is 0 Å². The first-order valence-corrected chi connectivity index (χ1v) is 11.8. The summed E-state index contributed by atoms with van der Waals surface area (Å²) >= 11 is 0. The van der Waals surface area contributed by atoms with E-state index < -0.39 is 0 Å². The smallest absolute Gasteiger partial charge is 0.161 e. The fourth-order valence-corrected chi connectivity index (χ4v) is 4.80. The molecule has 2 saturated heterocycles. The Bertz CT molecular complexity index is 647. The molecule has 1 aromatic rings. The van der Waals surface area contributed by atoms with Gasteiger partial charge in [0.1, 0.15) is 11.8 Å². The molecule has 6 heteroatoms. The Morgan fingerprint density at radius 3 is 2.33 bits per heavy atom. The Hall–Kier alpha value is -1.34. The molecule has 1 N–H and O–H groups in total. The zero-order valence-electron chi connectivity index (χ0n) is 19.4. The minimum atomic E-state index is -0.170. The van der Waals surface area contributed by atoms with E-state index in [-0.39, 0.29) is 11.8 Å². The lowest BCUT2D eigenvalue weighted by molar-refractivity contribution is -0.257. The number of ether oxygens (including phenoxy) is 3. The molecule has 0 radical (unpaired) electrons. The van der Waals surface area contributed by atoms with E-state index in [1.807, 2.05) is 6.07 Å². The van der Waals surface area contributed by atoms with Crippen molar-refractivity contribution in [1.29, 1.82) is 0 Å². The van der Waals surface area contributed by atoms with Crippen molar-refractivity contribution in [2.75, 3.05) is 47.0 Å². The van der Waals surface area contributed by atoms with Crippen LogP contribution in [0.4, 0.5) is 0 Å². The third kappa shape index (κ3) is 4.93. The van der Waals surface area contributed by atoms with Crippen molar-refractivity contribution in [2.45, 2.75) is 70.6 Å². The first-order valence-electron chi connectivity index (χ1n) is 11.8. The summed E-state index contributed by atoms with van der Waals surface area (Å²) in [5.74, 6) is 1.51. The molecule has 2 unspecified atom stereocenters. The van der Waals surface area contributed by atoms with Crippen LogP contribution in [0.2, 0.25) is 0 Å². The number of rotatable bonds is 12. The molecular weight excluding hydrogens is 378 g/mol. The van der Waals surface area contributed by atoms with Gasteiger partial charge in [0.25, 0.3) is 0 Å². The van der Waals surface area contributed by atoms with Gasteiger partial charge in [-0.1, -0.05) is 45.6 Å². The molecule has 2 aliphatic heterocycles. The van der Waals surface area contributed by atoms with Crippen molar-refractivity contribution in [3.05, 3.63) is 23.8 Å². The van der Waals surface area contributed by atoms with E-state index in [4.69, 9.17) is 14.2 Å². The maximum absolute atomic E-state index is 6.40. The van der Waals surface area contributed by atoms with Gasteiger partial charge in [0.15, 0.2) is 11.5 Å². The minimum absolute atomic E-state index is 0.0281. The van der Waals surface area contributed by atoms with Gasteiger partial charge in [-0.25, -0.2) is 10.0 Å². The van der Waals surface area contributed by atoms with Gasteiger partial charge < -0.3 is 14.2 Å². The van der Waals surface area contributed by atoms with E-state index in [1.165, 1.54) is 38.5 Å². The maximum atomic E-state index is 6.40. The number of morpholine rings is 1. The second kappa shape index (κ2) is 11.3. The summed E-state index contributed by atoms with van der Waals surface area (Å²) in [5.41, 5.74) is 0.975. The van der Waals surface area contributed by atoms with Crippen LogP contribution in [-0.2, 0) is 4.74 Å². The Balaban J connectivity index is 1.82. The number of hydrogen-bond acceptors (Lipinski definition) is 6. The number of hydrogen-bond donors (Lipinski definition) is 1. The number of nitrogens with one attached hydrogen (secondary N) is 1. The van der Waals surface area contributed by atoms with Gasteiger partial charge in [0.05, 0.1) is 20.8 Å². The van der Waals surface area contributed by atoms with E-state index in [0.29, 0.717) is 0 Å². The van der Waals surface area contributed by atoms with Gasteiger partial charge in [-0.3, -0.25) is 5.32 Å². The van der Waals surface area contributed by atoms with Gasteiger partial charge in [0.2, 0.25) is 0 Å². The fourth-order valence-electron chi connectivity index (χ4n) is 4.80. The molecular formula is C24H41N3O3. The van der Waals surface area contributed by atoms with Gasteiger partial charge in [-0.2, -0.15) is 0 Å². The van der Waals surface area contributed by atoms with Crippen molar-refractivity contribution in [2.24, 2.45) is 0 Å². The van der Waals surface area contributed by atoms with Crippen molar-refractivity contribution < 1.29 is 14.2 Å². The lowest BCUT2D eigenvalue weighted by atomic mass is 9.84. The van der Waals surface area contributed by atoms with E-state index in [2.05, 4.69) is 41.3 Å². The third-order valence-corrected chi connectivity index (χ3v) is 6.51. The van der Waals surface area contributed by atoms with Crippen LogP contribution in [0.25, 0.3) is 0 Å². The van der Waals surface area contributed by atoms with Crippen LogP contribution in [0.5, 0.6) is 11.5 Å². The largest absolute Gasteiger partial charge is 0.493 e. The normalized spacial score (nSPS) is 24.2. The van der Waals surface area contributed by atoms with Crippen molar-refractivity contribution in [3.8, 4) is 11.5 Å². The third-order valence-electron chi connectivity index (χ3n) is 6.51. The zero-order valence-corrected chi connectivity index (χ0v) is 19.4. The molecule has 170 valence electrons. The van der Waals surface area contributed by atoms with Gasteiger partial charge in [-0.05, 0) is 37.0 Å². The predicted molar refractivity (Wildman–Crippen MR) is 121 cm³/mol. The van der Waals surface area contributed by atoms with Crippen molar-refractivity contribution >= 4 is 0 Å². The van der Waals surface area contributed by atoms with Crippen LogP contribution in [0.3, 0.4) is 0 Å². The molecule has 3 rings (SSSR count). The first kappa shape index (κ1) is 23.3. The molecule has 2 aliphatic rings. The zero-order chi connectivity index (χ0) is 21.4. The number of hydrazine groups is 1. The summed E-state index contributed by atoms with van der Waals surface area (Å²) in [6.45, 7) is 9.49. The quantitative estimate of drug-likeness (QED) is 0.508. The summed E-state index contributed by atoms with van der Waals surface area (Å²) in [6, 6.07) is 6.19. The molecule has 2 fully saturated rings. The molecule has 1 aromatic carbocycles. The Kier molecular flexibility index (Phi) is 8.81. The van der Waals surface area contributed by atoms with E-state index in [0.717, 1.165) is 56.3 Å². The Labute approximate surface area is 182 Å². The predicted octanol–water partition coefficient (Wildman–Crippen LogP) is 4.36. The summed E-state index contributed by atoms with van der Waals surface area (Å²) in [5, 5.41) is 9.01. The average Bonchev–Trinajstić information content (AvgIpc) is 2.78. The maximum Gasteiger partial charge on any atom is 0.161 e. The number of methoxy groups -OCH3 is 2. The first-order chi connectivity index (χ1) is 14.7. The molecule has 2 atom stereocenters. The van der Waals surface area contributed by atoms with Gasteiger partial charge in [-0.15, -0.1) is 0 Å². The highest BCUT2D eigenvalue weighted by atomic mass is 16.5. The van der Waals surface area contributed by atoms with E-state index in [9.17, 15) is 0 Å². The summed E-state index contributed by atoms with van der Waals surface area (Å²) in [7, 11) is 3.37. The van der Waals surface area contributed by atoms with Crippen LogP contribution < -0.4 is 14.8 Å². The molecule has 6 nitrogen and oxygen atoms in total. The summed E-state index contributed by atoms with van der Waals surface area (Å²) < 4.78 is 17.4. The highest BCUT2D eigenvalue weighted by Gasteiger charge is 2.55. The Morgan fingerprint density at radius 2 is 1.77 bits per heavy atom. The SMILES string of the molecule is CCCCCN(CCCCC)N1CCC12NCCOC2c1ccc(OC)c(OC)c1. The van der Waals surface area contributed by atoms with Gasteiger partial charge in [0, 0.05) is 26.2 Å². The van der Waals surface area contributed by atoms with Crippen molar-refractivity contribution in [1.82, 2.24) is 15.3 Å². The van der Waals surface area contributed by atoms with Crippen molar-refractivity contribution in [3.63, 3.8) is 0 Å². The number of benzene rings is 1. The van der Waals surface area contributed by atoms with E-state index >= 15 is 0 Å². The Morgan fingerprint density at radius 1 is 1.07 bits per heavy atom. The van der Waals surface area contributed by atoms with Crippen LogP contribution in [0.1, 0.15) is 70.5 Å². The topological polar surface area (TPSA) is 46.2 Å². The molecule has 30 heavy (non-hydrogen) atoms.